The van der Waals surface area contributed by atoms with Crippen LogP contribution in [0.1, 0.15) is 44.9 Å². The van der Waals surface area contributed by atoms with Crippen molar-refractivity contribution in [2.45, 2.75) is 44.9 Å². The fourth-order valence-corrected chi connectivity index (χ4v) is 2.43. The van der Waals surface area contributed by atoms with E-state index in [2.05, 4.69) is 10.6 Å². The van der Waals surface area contributed by atoms with Gasteiger partial charge in [-0.3, -0.25) is 4.79 Å². The minimum absolute atomic E-state index is 0.102. The van der Waals surface area contributed by atoms with Crippen molar-refractivity contribution in [1.82, 2.24) is 15.5 Å². The van der Waals surface area contributed by atoms with E-state index in [0.29, 0.717) is 19.5 Å². The van der Waals surface area contributed by atoms with Gasteiger partial charge in [-0.25, -0.2) is 4.79 Å². The topological polar surface area (TPSA) is 61.4 Å². The number of nitrogens with one attached hydrogen (secondary N) is 2. The number of hydrogen-bond acceptors (Lipinski definition) is 2. The van der Waals surface area contributed by atoms with Gasteiger partial charge in [-0.2, -0.15) is 0 Å². The van der Waals surface area contributed by atoms with Crippen molar-refractivity contribution in [3.63, 3.8) is 0 Å². The Kier molecular flexibility index (Phi) is 7.30. The minimum atomic E-state index is -0.128. The second-order valence-electron chi connectivity index (χ2n) is 5.52. The van der Waals surface area contributed by atoms with E-state index in [-0.39, 0.29) is 11.9 Å². The highest BCUT2D eigenvalue weighted by molar-refractivity contribution is 5.76. The molecule has 0 aromatic carbocycles. The third-order valence-corrected chi connectivity index (χ3v) is 3.63. The Bertz CT molecular complexity index is 286. The molecule has 1 rings (SSSR count). The first-order valence-corrected chi connectivity index (χ1v) is 7.31. The van der Waals surface area contributed by atoms with Crippen LogP contribution < -0.4 is 10.6 Å². The third-order valence-electron chi connectivity index (χ3n) is 3.63. The Morgan fingerprint density at radius 2 is 1.68 bits per heavy atom. The van der Waals surface area contributed by atoms with Gasteiger partial charge in [0.05, 0.1) is 0 Å². The summed E-state index contributed by atoms with van der Waals surface area (Å²) in [6.07, 6.45) is 8.19. The molecule has 1 aliphatic carbocycles. The normalized spacial score (nSPS) is 15.9. The monoisotopic (exact) mass is 269 g/mol. The van der Waals surface area contributed by atoms with Crippen molar-refractivity contribution in [3.8, 4) is 0 Å². The Morgan fingerprint density at radius 1 is 1.05 bits per heavy atom. The van der Waals surface area contributed by atoms with Gasteiger partial charge in [0.25, 0.3) is 0 Å². The molecule has 0 radical (unpaired) electrons. The Balaban J connectivity index is 2.00. The smallest absolute Gasteiger partial charge is 0.316 e. The molecule has 1 aliphatic rings. The van der Waals surface area contributed by atoms with Gasteiger partial charge in [-0.15, -0.1) is 0 Å². The van der Waals surface area contributed by atoms with Crippen LogP contribution in [0.5, 0.6) is 0 Å². The molecule has 0 atom stereocenters. The maximum atomic E-state index is 11.6. The van der Waals surface area contributed by atoms with Gasteiger partial charge in [-0.1, -0.05) is 32.1 Å². The van der Waals surface area contributed by atoms with Crippen molar-refractivity contribution in [1.29, 1.82) is 0 Å². The molecule has 5 nitrogen and oxygen atoms in total. The number of amides is 3. The van der Waals surface area contributed by atoms with Crippen molar-refractivity contribution >= 4 is 11.9 Å². The molecular weight excluding hydrogens is 242 g/mol. The van der Waals surface area contributed by atoms with Crippen molar-refractivity contribution < 1.29 is 9.59 Å². The molecule has 19 heavy (non-hydrogen) atoms. The van der Waals surface area contributed by atoms with E-state index in [9.17, 15) is 9.59 Å². The SMILES string of the molecule is CN(C)C(=O)NCCNC(=O)CCC1CCCCC1. The van der Waals surface area contributed by atoms with Crippen LogP contribution >= 0.6 is 0 Å². The van der Waals surface area contributed by atoms with E-state index in [1.54, 1.807) is 14.1 Å². The fourth-order valence-electron chi connectivity index (χ4n) is 2.43. The van der Waals surface area contributed by atoms with Crippen LogP contribution in [0.3, 0.4) is 0 Å². The van der Waals surface area contributed by atoms with Crippen LogP contribution in [0.25, 0.3) is 0 Å². The van der Waals surface area contributed by atoms with Crippen LogP contribution in [0.15, 0.2) is 0 Å². The number of rotatable bonds is 6. The first-order chi connectivity index (χ1) is 9.09. The maximum Gasteiger partial charge on any atom is 0.316 e. The molecule has 0 bridgehead atoms. The average Bonchev–Trinajstić information content (AvgIpc) is 2.42. The van der Waals surface area contributed by atoms with Gasteiger partial charge in [0, 0.05) is 33.6 Å². The lowest BCUT2D eigenvalue weighted by atomic mass is 9.86. The molecule has 0 unspecified atom stereocenters. The second kappa shape index (κ2) is 8.77. The predicted octanol–water partition coefficient (Wildman–Crippen LogP) is 1.73. The summed E-state index contributed by atoms with van der Waals surface area (Å²) in [6, 6.07) is -0.128. The summed E-state index contributed by atoms with van der Waals surface area (Å²) < 4.78 is 0. The molecule has 0 saturated heterocycles. The lowest BCUT2D eigenvalue weighted by molar-refractivity contribution is -0.121. The van der Waals surface area contributed by atoms with Crippen LogP contribution in [0, 0.1) is 5.92 Å². The summed E-state index contributed by atoms with van der Waals surface area (Å²) in [4.78, 5) is 24.3. The highest BCUT2D eigenvalue weighted by Gasteiger charge is 2.14. The molecule has 3 amide bonds. The molecule has 0 aromatic rings. The van der Waals surface area contributed by atoms with E-state index in [4.69, 9.17) is 0 Å². The largest absolute Gasteiger partial charge is 0.354 e. The summed E-state index contributed by atoms with van der Waals surface area (Å²) in [7, 11) is 3.39. The summed E-state index contributed by atoms with van der Waals surface area (Å²) >= 11 is 0. The van der Waals surface area contributed by atoms with Gasteiger partial charge in [0.1, 0.15) is 0 Å². The minimum Gasteiger partial charge on any atom is -0.354 e. The highest BCUT2D eigenvalue weighted by Crippen LogP contribution is 2.26. The van der Waals surface area contributed by atoms with Crippen LogP contribution in [0.2, 0.25) is 0 Å². The van der Waals surface area contributed by atoms with E-state index in [1.165, 1.54) is 37.0 Å². The Hall–Kier alpha value is -1.26. The number of hydrogen-bond donors (Lipinski definition) is 2. The fraction of sp³-hybridized carbons (Fsp3) is 0.857. The Morgan fingerprint density at radius 3 is 2.32 bits per heavy atom. The Labute approximate surface area is 116 Å². The zero-order valence-corrected chi connectivity index (χ0v) is 12.2. The summed E-state index contributed by atoms with van der Waals surface area (Å²) in [5.41, 5.74) is 0. The number of carbonyl (C=O) groups is 2. The van der Waals surface area contributed by atoms with Crippen molar-refractivity contribution in [2.24, 2.45) is 5.92 Å². The number of carbonyl (C=O) groups excluding carboxylic acids is 2. The third kappa shape index (κ3) is 7.03. The average molecular weight is 269 g/mol. The van der Waals surface area contributed by atoms with E-state index in [1.807, 2.05) is 0 Å². The summed E-state index contributed by atoms with van der Waals surface area (Å²) in [6.45, 7) is 0.981. The molecule has 1 fully saturated rings. The molecule has 110 valence electrons. The van der Waals surface area contributed by atoms with Gasteiger partial charge in [0.2, 0.25) is 5.91 Å². The van der Waals surface area contributed by atoms with Crippen LogP contribution in [-0.4, -0.2) is 44.0 Å². The van der Waals surface area contributed by atoms with E-state index >= 15 is 0 Å². The summed E-state index contributed by atoms with van der Waals surface area (Å²) in [5.74, 6) is 0.845. The van der Waals surface area contributed by atoms with Gasteiger partial charge >= 0.3 is 6.03 Å². The van der Waals surface area contributed by atoms with E-state index < -0.39 is 0 Å². The van der Waals surface area contributed by atoms with Gasteiger partial charge < -0.3 is 15.5 Å². The van der Waals surface area contributed by atoms with Gasteiger partial charge in [-0.05, 0) is 12.3 Å². The summed E-state index contributed by atoms with van der Waals surface area (Å²) in [5, 5.41) is 5.56. The zero-order chi connectivity index (χ0) is 14.1. The molecule has 0 spiro atoms. The quantitative estimate of drug-likeness (QED) is 0.721. The second-order valence-corrected chi connectivity index (χ2v) is 5.52. The van der Waals surface area contributed by atoms with Crippen LogP contribution in [-0.2, 0) is 4.79 Å². The maximum absolute atomic E-state index is 11.6. The first kappa shape index (κ1) is 15.8. The van der Waals surface area contributed by atoms with Gasteiger partial charge in [0.15, 0.2) is 0 Å². The zero-order valence-electron chi connectivity index (χ0n) is 12.2. The first-order valence-electron chi connectivity index (χ1n) is 7.31. The number of urea groups is 1. The van der Waals surface area contributed by atoms with E-state index in [0.717, 1.165) is 12.3 Å². The predicted molar refractivity (Wildman–Crippen MR) is 75.9 cm³/mol. The molecular formula is C14H27N3O2. The molecule has 1 saturated carbocycles. The molecule has 0 aliphatic heterocycles. The van der Waals surface area contributed by atoms with Crippen molar-refractivity contribution in [3.05, 3.63) is 0 Å². The molecule has 2 N–H and O–H groups in total. The molecule has 5 heteroatoms. The molecule has 0 heterocycles. The lowest BCUT2D eigenvalue weighted by Gasteiger charge is -2.21. The highest BCUT2D eigenvalue weighted by atomic mass is 16.2. The standard InChI is InChI=1S/C14H27N3O2/c1-17(2)14(19)16-11-10-15-13(18)9-8-12-6-4-3-5-7-12/h12H,3-11H2,1-2H3,(H,15,18)(H,16,19). The molecule has 0 aromatic heterocycles. The number of nitrogens with zero attached hydrogens (tertiary/aromatic N) is 1. The lowest BCUT2D eigenvalue weighted by Crippen LogP contribution is -2.39. The van der Waals surface area contributed by atoms with Crippen molar-refractivity contribution in [2.75, 3.05) is 27.2 Å². The van der Waals surface area contributed by atoms with Crippen LogP contribution in [0.4, 0.5) is 4.79 Å².